The van der Waals surface area contributed by atoms with E-state index in [1.807, 2.05) is 73.3 Å². The Balaban J connectivity index is 1.26. The highest BCUT2D eigenvalue weighted by Crippen LogP contribution is 2.31. The van der Waals surface area contributed by atoms with E-state index in [-0.39, 0.29) is 6.17 Å². The van der Waals surface area contributed by atoms with Gasteiger partial charge in [-0.3, -0.25) is 15.0 Å². The Morgan fingerprint density at radius 1 is 0.488 bits per heavy atom. The van der Waals surface area contributed by atoms with Crippen molar-refractivity contribution in [3.8, 4) is 33.6 Å². The lowest BCUT2D eigenvalue weighted by Gasteiger charge is -2.32. The minimum absolute atomic E-state index is 0.250. The number of pyridine rings is 3. The molecule has 1 atom stereocenters. The number of aromatic nitrogens is 3. The lowest BCUT2D eigenvalue weighted by Crippen LogP contribution is -2.35. The maximum Gasteiger partial charge on any atom is 0.159 e. The zero-order chi connectivity index (χ0) is 29.0. The van der Waals surface area contributed by atoms with Crippen LogP contribution in [0.15, 0.2) is 156 Å². The van der Waals surface area contributed by atoms with Gasteiger partial charge in [-0.15, -0.1) is 0 Å². The molecule has 6 heteroatoms. The summed E-state index contributed by atoms with van der Waals surface area (Å²) in [7, 11) is 2.05. The van der Waals surface area contributed by atoms with Crippen molar-refractivity contribution in [2.24, 2.45) is 9.98 Å². The molecule has 7 rings (SSSR count). The van der Waals surface area contributed by atoms with Gasteiger partial charge in [-0.1, -0.05) is 84.9 Å². The number of aliphatic imine (C=N–C) groups is 2. The van der Waals surface area contributed by atoms with Crippen molar-refractivity contribution in [2.75, 3.05) is 7.05 Å². The Morgan fingerprint density at radius 2 is 1.00 bits per heavy atom. The molecule has 43 heavy (non-hydrogen) atoms. The fourth-order valence-corrected chi connectivity index (χ4v) is 5.27. The molecule has 4 heterocycles. The second-order valence-electron chi connectivity index (χ2n) is 10.3. The van der Waals surface area contributed by atoms with Crippen molar-refractivity contribution in [1.29, 1.82) is 0 Å². The first-order valence-electron chi connectivity index (χ1n) is 14.2. The Morgan fingerprint density at radius 3 is 1.56 bits per heavy atom. The second kappa shape index (κ2) is 11.6. The van der Waals surface area contributed by atoms with E-state index in [1.54, 1.807) is 0 Å². The van der Waals surface area contributed by atoms with Gasteiger partial charge in [0.25, 0.3) is 0 Å². The van der Waals surface area contributed by atoms with E-state index in [0.717, 1.165) is 56.2 Å². The van der Waals surface area contributed by atoms with Crippen molar-refractivity contribution < 1.29 is 0 Å². The van der Waals surface area contributed by atoms with Crippen LogP contribution in [-0.2, 0) is 0 Å². The average Bonchev–Trinajstić information content (AvgIpc) is 3.10. The van der Waals surface area contributed by atoms with Crippen molar-refractivity contribution >= 4 is 11.7 Å². The molecular formula is C37H28N6. The first-order valence-corrected chi connectivity index (χ1v) is 14.2. The SMILES string of the molecule is CN1C(c2ccc(-c3ccccn3)cc2)=NC(c2ccc(-c3ccccn3)cc2)=NC1c1ccc(-c2ccncc2)cc1. The van der Waals surface area contributed by atoms with Gasteiger partial charge in [0.05, 0.1) is 11.4 Å². The molecule has 0 bridgehead atoms. The predicted molar refractivity (Wildman–Crippen MR) is 173 cm³/mol. The predicted octanol–water partition coefficient (Wildman–Crippen LogP) is 7.71. The number of nitrogens with zero attached hydrogens (tertiary/aromatic N) is 6. The molecule has 0 amide bonds. The lowest BCUT2D eigenvalue weighted by molar-refractivity contribution is 0.383. The van der Waals surface area contributed by atoms with Gasteiger partial charge in [0, 0.05) is 54.1 Å². The zero-order valence-corrected chi connectivity index (χ0v) is 23.6. The van der Waals surface area contributed by atoms with Crippen molar-refractivity contribution in [1.82, 2.24) is 19.9 Å². The molecule has 0 radical (unpaired) electrons. The van der Waals surface area contributed by atoms with Gasteiger partial charge < -0.3 is 4.90 Å². The third-order valence-corrected chi connectivity index (χ3v) is 7.59. The molecule has 6 nitrogen and oxygen atoms in total. The molecule has 1 aliphatic rings. The summed E-state index contributed by atoms with van der Waals surface area (Å²) in [5.74, 6) is 1.55. The minimum Gasteiger partial charge on any atom is -0.333 e. The van der Waals surface area contributed by atoms with Crippen molar-refractivity contribution in [2.45, 2.75) is 6.17 Å². The van der Waals surface area contributed by atoms with Crippen LogP contribution in [0.5, 0.6) is 0 Å². The van der Waals surface area contributed by atoms with Crippen LogP contribution in [0, 0.1) is 0 Å². The standard InChI is InChI=1S/C37H28N6/c1-43-36(31-16-8-26(9-17-31)27-20-24-38-25-21-27)41-35(30-14-10-28(11-15-30)33-6-2-4-22-39-33)42-37(43)32-18-12-29(13-19-32)34-7-3-5-23-40-34/h2-25,36H,1H3. The molecule has 0 fully saturated rings. The van der Waals surface area contributed by atoms with Crippen LogP contribution in [0.3, 0.4) is 0 Å². The largest absolute Gasteiger partial charge is 0.333 e. The van der Waals surface area contributed by atoms with Crippen molar-refractivity contribution in [3.05, 3.63) is 163 Å². The highest BCUT2D eigenvalue weighted by atomic mass is 15.3. The van der Waals surface area contributed by atoms with Crippen LogP contribution >= 0.6 is 0 Å². The number of hydrogen-bond acceptors (Lipinski definition) is 6. The third kappa shape index (κ3) is 5.46. The lowest BCUT2D eigenvalue weighted by atomic mass is 10.0. The van der Waals surface area contributed by atoms with E-state index in [4.69, 9.17) is 9.98 Å². The van der Waals surface area contributed by atoms with Gasteiger partial charge in [0.1, 0.15) is 12.0 Å². The average molecular weight is 557 g/mol. The number of rotatable bonds is 6. The summed E-state index contributed by atoms with van der Waals surface area (Å²) < 4.78 is 0. The Bertz CT molecular complexity index is 1880. The maximum atomic E-state index is 5.17. The van der Waals surface area contributed by atoms with E-state index < -0.39 is 0 Å². The molecule has 0 N–H and O–H groups in total. The monoisotopic (exact) mass is 556 g/mol. The number of hydrogen-bond donors (Lipinski definition) is 0. The first-order chi connectivity index (χ1) is 21.2. The van der Waals surface area contributed by atoms with Crippen LogP contribution in [-0.4, -0.2) is 38.6 Å². The van der Waals surface area contributed by atoms with Gasteiger partial charge in [-0.05, 0) is 53.1 Å². The molecule has 1 aliphatic heterocycles. The van der Waals surface area contributed by atoms with Gasteiger partial charge in [0.2, 0.25) is 0 Å². The Hall–Kier alpha value is -5.75. The van der Waals surface area contributed by atoms with Crippen LogP contribution in [0.25, 0.3) is 33.6 Å². The second-order valence-corrected chi connectivity index (χ2v) is 10.3. The summed E-state index contributed by atoms with van der Waals surface area (Å²) in [5, 5.41) is 0. The smallest absolute Gasteiger partial charge is 0.159 e. The molecule has 3 aromatic carbocycles. The van der Waals surface area contributed by atoms with Crippen LogP contribution in [0.2, 0.25) is 0 Å². The molecular weight excluding hydrogens is 528 g/mol. The number of benzene rings is 3. The fraction of sp³-hybridized carbons (Fsp3) is 0.0541. The molecule has 0 spiro atoms. The van der Waals surface area contributed by atoms with Crippen LogP contribution < -0.4 is 0 Å². The summed E-state index contributed by atoms with van der Waals surface area (Å²) >= 11 is 0. The molecule has 0 aliphatic carbocycles. The highest BCUT2D eigenvalue weighted by Gasteiger charge is 2.27. The van der Waals surface area contributed by atoms with Crippen molar-refractivity contribution in [3.63, 3.8) is 0 Å². The Kier molecular flexibility index (Phi) is 7.07. The van der Waals surface area contributed by atoms with Gasteiger partial charge >= 0.3 is 0 Å². The molecule has 1 unspecified atom stereocenters. The van der Waals surface area contributed by atoms with Crippen LogP contribution in [0.4, 0.5) is 0 Å². The summed E-state index contributed by atoms with van der Waals surface area (Å²) in [6.07, 6.45) is 7.00. The van der Waals surface area contributed by atoms with Gasteiger partial charge in [-0.25, -0.2) is 9.98 Å². The summed E-state index contributed by atoms with van der Waals surface area (Å²) in [6, 6.07) is 41.2. The molecule has 6 aromatic rings. The van der Waals surface area contributed by atoms with Crippen LogP contribution in [0.1, 0.15) is 22.9 Å². The summed E-state index contributed by atoms with van der Waals surface area (Å²) in [6.45, 7) is 0. The van der Waals surface area contributed by atoms with E-state index in [1.165, 1.54) is 0 Å². The normalized spacial score (nSPS) is 14.6. The summed E-state index contributed by atoms with van der Waals surface area (Å²) in [4.78, 5) is 25.6. The number of amidine groups is 2. The fourth-order valence-electron chi connectivity index (χ4n) is 5.27. The van der Waals surface area contributed by atoms with Gasteiger partial charge in [0.15, 0.2) is 5.84 Å². The topological polar surface area (TPSA) is 66.6 Å². The third-order valence-electron chi connectivity index (χ3n) is 7.59. The minimum atomic E-state index is -0.250. The first kappa shape index (κ1) is 26.2. The quantitative estimate of drug-likeness (QED) is 0.211. The van der Waals surface area contributed by atoms with Gasteiger partial charge in [-0.2, -0.15) is 0 Å². The summed E-state index contributed by atoms with van der Waals surface area (Å²) in [5.41, 5.74) is 9.30. The van der Waals surface area contributed by atoms with E-state index in [0.29, 0.717) is 5.84 Å². The molecule has 3 aromatic heterocycles. The zero-order valence-electron chi connectivity index (χ0n) is 23.6. The highest BCUT2D eigenvalue weighted by molar-refractivity contribution is 6.13. The van der Waals surface area contributed by atoms with E-state index in [2.05, 4.69) is 99.7 Å². The molecule has 206 valence electrons. The molecule has 0 saturated carbocycles. The maximum absolute atomic E-state index is 5.17. The van der Waals surface area contributed by atoms with E-state index >= 15 is 0 Å². The Labute approximate surface area is 250 Å². The molecule has 0 saturated heterocycles. The van der Waals surface area contributed by atoms with E-state index in [9.17, 15) is 0 Å².